The van der Waals surface area contributed by atoms with Crippen molar-refractivity contribution in [2.75, 3.05) is 11.1 Å². The van der Waals surface area contributed by atoms with Gasteiger partial charge in [0.15, 0.2) is 5.13 Å². The van der Waals surface area contributed by atoms with E-state index in [9.17, 15) is 13.6 Å². The fourth-order valence-corrected chi connectivity index (χ4v) is 3.15. The molecule has 0 aliphatic carbocycles. The molecule has 0 saturated heterocycles. The van der Waals surface area contributed by atoms with E-state index in [1.807, 2.05) is 0 Å². The number of thioether (sulfide) groups is 1. The SMILES string of the molecule is Cn1nnnc1SCC(=O)Nc1nc(-c2cc(F)ccc2F)cs1. The number of halogens is 2. The number of benzene rings is 1. The highest BCUT2D eigenvalue weighted by Crippen LogP contribution is 2.27. The zero-order valence-corrected chi connectivity index (χ0v) is 13.9. The molecular weight excluding hydrogens is 358 g/mol. The van der Waals surface area contributed by atoms with Crippen molar-refractivity contribution in [3.8, 4) is 11.3 Å². The number of tetrazole rings is 1. The minimum atomic E-state index is -0.579. The second kappa shape index (κ2) is 7.01. The summed E-state index contributed by atoms with van der Waals surface area (Å²) in [5.74, 6) is -1.34. The predicted molar refractivity (Wildman–Crippen MR) is 85.6 cm³/mol. The summed E-state index contributed by atoms with van der Waals surface area (Å²) in [4.78, 5) is 16.0. The number of carbonyl (C=O) groups excluding carboxylic acids is 1. The second-order valence-corrected chi connectivity index (χ2v) is 6.38. The number of anilines is 1. The molecule has 124 valence electrons. The van der Waals surface area contributed by atoms with Crippen LogP contribution in [0, 0.1) is 11.6 Å². The van der Waals surface area contributed by atoms with Crippen molar-refractivity contribution in [2.24, 2.45) is 7.05 Å². The van der Waals surface area contributed by atoms with Gasteiger partial charge in [-0.2, -0.15) is 0 Å². The normalized spacial score (nSPS) is 10.8. The van der Waals surface area contributed by atoms with Gasteiger partial charge in [-0.3, -0.25) is 4.79 Å². The van der Waals surface area contributed by atoms with E-state index in [1.165, 1.54) is 16.4 Å². The number of hydrogen-bond acceptors (Lipinski definition) is 7. The number of rotatable bonds is 5. The van der Waals surface area contributed by atoms with E-state index >= 15 is 0 Å². The van der Waals surface area contributed by atoms with Gasteiger partial charge in [0.25, 0.3) is 0 Å². The summed E-state index contributed by atoms with van der Waals surface area (Å²) in [5.41, 5.74) is 0.309. The smallest absolute Gasteiger partial charge is 0.236 e. The molecule has 0 unspecified atom stereocenters. The van der Waals surface area contributed by atoms with Crippen molar-refractivity contribution in [2.45, 2.75) is 5.16 Å². The topological polar surface area (TPSA) is 85.6 Å². The third kappa shape index (κ3) is 3.74. The number of nitrogens with one attached hydrogen (secondary N) is 1. The highest BCUT2D eigenvalue weighted by Gasteiger charge is 2.13. The summed E-state index contributed by atoms with van der Waals surface area (Å²) in [6, 6.07) is 3.13. The molecule has 24 heavy (non-hydrogen) atoms. The number of carbonyl (C=O) groups is 1. The van der Waals surface area contributed by atoms with Gasteiger partial charge in [0.1, 0.15) is 11.6 Å². The number of nitrogens with zero attached hydrogens (tertiary/aromatic N) is 5. The number of amides is 1. The van der Waals surface area contributed by atoms with Gasteiger partial charge in [-0.05, 0) is 28.6 Å². The van der Waals surface area contributed by atoms with Crippen LogP contribution in [0.25, 0.3) is 11.3 Å². The Bertz CT molecular complexity index is 881. The lowest BCUT2D eigenvalue weighted by atomic mass is 10.1. The lowest BCUT2D eigenvalue weighted by Crippen LogP contribution is -2.14. The van der Waals surface area contributed by atoms with Crippen molar-refractivity contribution in [3.05, 3.63) is 35.2 Å². The Morgan fingerprint density at radius 1 is 1.42 bits per heavy atom. The molecule has 0 saturated carbocycles. The summed E-state index contributed by atoms with van der Waals surface area (Å²) >= 11 is 2.30. The van der Waals surface area contributed by atoms with Crippen LogP contribution >= 0.6 is 23.1 Å². The minimum Gasteiger partial charge on any atom is -0.301 e. The Balaban J connectivity index is 1.64. The Labute approximate surface area is 143 Å². The van der Waals surface area contributed by atoms with Crippen LogP contribution in [-0.2, 0) is 11.8 Å². The first-order valence-electron chi connectivity index (χ1n) is 6.59. The zero-order chi connectivity index (χ0) is 17.1. The van der Waals surface area contributed by atoms with Gasteiger partial charge in [-0.25, -0.2) is 18.4 Å². The van der Waals surface area contributed by atoms with Gasteiger partial charge in [0, 0.05) is 18.0 Å². The monoisotopic (exact) mass is 368 g/mol. The summed E-state index contributed by atoms with van der Waals surface area (Å²) in [6.07, 6.45) is 0. The highest BCUT2D eigenvalue weighted by atomic mass is 32.2. The van der Waals surface area contributed by atoms with Crippen LogP contribution in [0.4, 0.5) is 13.9 Å². The first kappa shape index (κ1) is 16.5. The van der Waals surface area contributed by atoms with Gasteiger partial charge in [0.2, 0.25) is 11.1 Å². The predicted octanol–water partition coefficient (Wildman–Crippen LogP) is 2.34. The molecule has 0 atom stereocenters. The molecule has 0 spiro atoms. The molecule has 11 heteroatoms. The van der Waals surface area contributed by atoms with Gasteiger partial charge >= 0.3 is 0 Å². The van der Waals surface area contributed by atoms with E-state index in [4.69, 9.17) is 0 Å². The van der Waals surface area contributed by atoms with Crippen molar-refractivity contribution in [1.29, 1.82) is 0 Å². The molecular formula is C13H10F2N6OS2. The van der Waals surface area contributed by atoms with Gasteiger partial charge in [-0.1, -0.05) is 11.8 Å². The average molecular weight is 368 g/mol. The zero-order valence-electron chi connectivity index (χ0n) is 12.2. The first-order valence-corrected chi connectivity index (χ1v) is 8.45. The van der Waals surface area contributed by atoms with E-state index < -0.39 is 11.6 Å². The maximum Gasteiger partial charge on any atom is 0.236 e. The van der Waals surface area contributed by atoms with Gasteiger partial charge in [-0.15, -0.1) is 16.4 Å². The van der Waals surface area contributed by atoms with Crippen LogP contribution in [0.1, 0.15) is 0 Å². The van der Waals surface area contributed by atoms with Crippen LogP contribution in [-0.4, -0.2) is 36.9 Å². The number of hydrogen-bond donors (Lipinski definition) is 1. The fraction of sp³-hybridized carbons (Fsp3) is 0.154. The number of thiazole rings is 1. The molecule has 1 amide bonds. The van der Waals surface area contributed by atoms with Crippen molar-refractivity contribution < 1.29 is 13.6 Å². The van der Waals surface area contributed by atoms with Crippen LogP contribution in [0.3, 0.4) is 0 Å². The standard InChI is InChI=1S/C13H10F2N6OS2/c1-21-13(18-19-20-21)24-6-11(22)17-12-16-10(5-23-12)8-4-7(14)2-3-9(8)15/h2-5H,6H2,1H3,(H,16,17,22). The molecule has 1 aromatic carbocycles. The number of aromatic nitrogens is 5. The van der Waals surface area contributed by atoms with Gasteiger partial charge in [0.05, 0.1) is 11.4 Å². The summed E-state index contributed by atoms with van der Waals surface area (Å²) in [5, 5.41) is 15.8. The van der Waals surface area contributed by atoms with Crippen molar-refractivity contribution >= 4 is 34.1 Å². The largest absolute Gasteiger partial charge is 0.301 e. The van der Waals surface area contributed by atoms with E-state index in [0.717, 1.165) is 29.5 Å². The molecule has 1 N–H and O–H groups in total. The fourth-order valence-electron chi connectivity index (χ4n) is 1.78. The summed E-state index contributed by atoms with van der Waals surface area (Å²) in [6.45, 7) is 0. The molecule has 0 fully saturated rings. The quantitative estimate of drug-likeness (QED) is 0.696. The molecule has 7 nitrogen and oxygen atoms in total. The van der Waals surface area contributed by atoms with E-state index in [-0.39, 0.29) is 22.9 Å². The molecule has 0 bridgehead atoms. The average Bonchev–Trinajstić information content (AvgIpc) is 3.17. The molecule has 2 aromatic heterocycles. The maximum absolute atomic E-state index is 13.7. The molecule has 3 aromatic rings. The van der Waals surface area contributed by atoms with E-state index in [1.54, 1.807) is 12.4 Å². The Hall–Kier alpha value is -2.40. The molecule has 3 rings (SSSR count). The molecule has 0 aliphatic rings. The van der Waals surface area contributed by atoms with Crippen LogP contribution in [0.15, 0.2) is 28.7 Å². The summed E-state index contributed by atoms with van der Waals surface area (Å²) < 4.78 is 28.4. The molecule has 2 heterocycles. The molecule has 0 radical (unpaired) electrons. The van der Waals surface area contributed by atoms with Crippen LogP contribution in [0.2, 0.25) is 0 Å². The minimum absolute atomic E-state index is 0.0475. The third-order valence-corrected chi connectivity index (χ3v) is 4.64. The lowest BCUT2D eigenvalue weighted by Gasteiger charge is -2.01. The van der Waals surface area contributed by atoms with Crippen LogP contribution in [0.5, 0.6) is 0 Å². The number of aryl methyl sites for hydroxylation is 1. The van der Waals surface area contributed by atoms with Gasteiger partial charge < -0.3 is 5.32 Å². The Morgan fingerprint density at radius 3 is 3.00 bits per heavy atom. The summed E-state index contributed by atoms with van der Waals surface area (Å²) in [7, 11) is 1.67. The van der Waals surface area contributed by atoms with Crippen molar-refractivity contribution in [1.82, 2.24) is 25.2 Å². The highest BCUT2D eigenvalue weighted by molar-refractivity contribution is 7.99. The van der Waals surface area contributed by atoms with Crippen molar-refractivity contribution in [3.63, 3.8) is 0 Å². The second-order valence-electron chi connectivity index (χ2n) is 4.58. The Morgan fingerprint density at radius 2 is 2.25 bits per heavy atom. The Kier molecular flexibility index (Phi) is 4.81. The maximum atomic E-state index is 13.7. The molecule has 0 aliphatic heterocycles. The first-order chi connectivity index (χ1) is 11.5. The van der Waals surface area contributed by atoms with Crippen LogP contribution < -0.4 is 5.32 Å². The lowest BCUT2D eigenvalue weighted by molar-refractivity contribution is -0.113. The third-order valence-electron chi connectivity index (χ3n) is 2.87. The van der Waals surface area contributed by atoms with E-state index in [0.29, 0.717) is 10.3 Å². The van der Waals surface area contributed by atoms with E-state index in [2.05, 4.69) is 25.8 Å².